The molecule has 1 aromatic carbocycles. The van der Waals surface area contributed by atoms with E-state index in [1.54, 1.807) is 13.1 Å². The Hall–Kier alpha value is -2.87. The molecule has 3 aliphatic heterocycles. The molecule has 154 valence electrons. The average Bonchev–Trinajstić information content (AvgIpc) is 3.07. The first-order chi connectivity index (χ1) is 14.0. The number of urea groups is 1. The van der Waals surface area contributed by atoms with Crippen molar-refractivity contribution in [1.29, 1.82) is 0 Å². The quantitative estimate of drug-likeness (QED) is 0.764. The number of hydrogen-bond donors (Lipinski definition) is 1. The number of imide groups is 1. The number of guanidine groups is 1. The Morgan fingerprint density at radius 3 is 2.69 bits per heavy atom. The van der Waals surface area contributed by atoms with Gasteiger partial charge in [0.1, 0.15) is 0 Å². The molecule has 3 amide bonds. The zero-order valence-corrected chi connectivity index (χ0v) is 17.0. The van der Waals surface area contributed by atoms with Crippen LogP contribution in [0.5, 0.6) is 0 Å². The maximum atomic E-state index is 12.5. The van der Waals surface area contributed by atoms with E-state index in [0.29, 0.717) is 6.54 Å². The van der Waals surface area contributed by atoms with Crippen LogP contribution in [0, 0.1) is 6.92 Å². The van der Waals surface area contributed by atoms with Crippen LogP contribution in [-0.4, -0.2) is 89.5 Å². The molecule has 0 spiro atoms. The highest BCUT2D eigenvalue weighted by atomic mass is 16.2. The number of likely N-dealkylation sites (N-methyl/N-ethyl adjacent to an activating group) is 1. The van der Waals surface area contributed by atoms with Gasteiger partial charge < -0.3 is 14.7 Å². The molecule has 1 aromatic rings. The highest BCUT2D eigenvalue weighted by Gasteiger charge is 2.49. The summed E-state index contributed by atoms with van der Waals surface area (Å²) < 4.78 is 0. The number of aryl methyl sites for hydroxylation is 1. The van der Waals surface area contributed by atoms with E-state index in [0.717, 1.165) is 38.7 Å². The Kier molecular flexibility index (Phi) is 5.27. The maximum Gasteiger partial charge on any atom is 0.325 e. The molecule has 8 heteroatoms. The van der Waals surface area contributed by atoms with Crippen molar-refractivity contribution in [3.63, 3.8) is 0 Å². The van der Waals surface area contributed by atoms with Crippen molar-refractivity contribution < 1.29 is 9.59 Å². The third kappa shape index (κ3) is 3.72. The van der Waals surface area contributed by atoms with E-state index in [2.05, 4.69) is 52.9 Å². The summed E-state index contributed by atoms with van der Waals surface area (Å²) in [6.07, 6.45) is 1.28. The number of hydrogen-bond acceptors (Lipinski definition) is 6. The summed E-state index contributed by atoms with van der Waals surface area (Å²) in [5.41, 5.74) is 2.61. The second kappa shape index (κ2) is 7.87. The van der Waals surface area contributed by atoms with Gasteiger partial charge in [-0.3, -0.25) is 15.0 Å². The van der Waals surface area contributed by atoms with Crippen molar-refractivity contribution in [1.82, 2.24) is 24.9 Å². The van der Waals surface area contributed by atoms with Gasteiger partial charge in [-0.1, -0.05) is 35.9 Å². The number of aliphatic imine (C=N–C) groups is 1. The molecule has 0 radical (unpaired) electrons. The predicted octanol–water partition coefficient (Wildman–Crippen LogP) is 0.847. The van der Waals surface area contributed by atoms with Crippen LogP contribution in [0.4, 0.5) is 4.79 Å². The van der Waals surface area contributed by atoms with Gasteiger partial charge in [-0.25, -0.2) is 9.79 Å². The van der Waals surface area contributed by atoms with Gasteiger partial charge in [0.25, 0.3) is 5.91 Å². The predicted molar refractivity (Wildman–Crippen MR) is 111 cm³/mol. The van der Waals surface area contributed by atoms with Crippen LogP contribution >= 0.6 is 0 Å². The van der Waals surface area contributed by atoms with E-state index < -0.39 is 18.2 Å². The van der Waals surface area contributed by atoms with Gasteiger partial charge in [0, 0.05) is 46.3 Å². The fourth-order valence-corrected chi connectivity index (χ4v) is 4.28. The third-order valence-electron chi connectivity index (χ3n) is 5.81. The highest BCUT2D eigenvalue weighted by Crippen LogP contribution is 2.26. The zero-order chi connectivity index (χ0) is 20.5. The molecular formula is C21H28N6O2. The smallest absolute Gasteiger partial charge is 0.325 e. The molecule has 1 N–H and O–H groups in total. The first kappa shape index (κ1) is 19.4. The van der Waals surface area contributed by atoms with Crippen molar-refractivity contribution in [2.45, 2.75) is 25.7 Å². The van der Waals surface area contributed by atoms with E-state index in [1.165, 1.54) is 16.0 Å². The zero-order valence-electron chi connectivity index (χ0n) is 17.0. The second-order valence-corrected chi connectivity index (χ2v) is 7.89. The van der Waals surface area contributed by atoms with Crippen molar-refractivity contribution in [2.24, 2.45) is 4.99 Å². The largest absolute Gasteiger partial charge is 0.340 e. The normalized spacial score (nSPS) is 25.0. The fourth-order valence-electron chi connectivity index (χ4n) is 4.28. The number of carbonyl (C=O) groups is 2. The van der Waals surface area contributed by atoms with Crippen LogP contribution in [0.15, 0.2) is 41.9 Å². The first-order valence-corrected chi connectivity index (χ1v) is 10.0. The van der Waals surface area contributed by atoms with Crippen molar-refractivity contribution >= 4 is 17.9 Å². The molecule has 2 fully saturated rings. The third-order valence-corrected chi connectivity index (χ3v) is 5.81. The van der Waals surface area contributed by atoms with Crippen molar-refractivity contribution in [2.75, 3.05) is 39.8 Å². The van der Waals surface area contributed by atoms with Gasteiger partial charge in [-0.15, -0.1) is 6.58 Å². The molecule has 3 heterocycles. The minimum absolute atomic E-state index is 0.295. The molecule has 0 aliphatic carbocycles. The maximum absolute atomic E-state index is 12.5. The summed E-state index contributed by atoms with van der Waals surface area (Å²) >= 11 is 0. The Bertz CT molecular complexity index is 845. The molecule has 0 aromatic heterocycles. The number of piperazine rings is 1. The monoisotopic (exact) mass is 396 g/mol. The van der Waals surface area contributed by atoms with Crippen LogP contribution in [0.3, 0.4) is 0 Å². The van der Waals surface area contributed by atoms with E-state index in [9.17, 15) is 9.59 Å². The Morgan fingerprint density at radius 1 is 1.24 bits per heavy atom. The molecule has 4 rings (SSSR count). The Balaban J connectivity index is 1.46. The van der Waals surface area contributed by atoms with E-state index >= 15 is 0 Å². The lowest BCUT2D eigenvalue weighted by Crippen LogP contribution is -2.64. The van der Waals surface area contributed by atoms with Gasteiger partial charge >= 0.3 is 6.03 Å². The summed E-state index contributed by atoms with van der Waals surface area (Å²) in [7, 11) is 1.68. The van der Waals surface area contributed by atoms with Gasteiger partial charge in [0.15, 0.2) is 18.2 Å². The molecule has 0 saturated carbocycles. The molecule has 8 nitrogen and oxygen atoms in total. The van der Waals surface area contributed by atoms with Gasteiger partial charge in [0.05, 0.1) is 0 Å². The molecule has 2 atom stereocenters. The van der Waals surface area contributed by atoms with Crippen LogP contribution in [0.2, 0.25) is 0 Å². The number of rotatable bonds is 4. The second-order valence-electron chi connectivity index (χ2n) is 7.89. The highest BCUT2D eigenvalue weighted by molar-refractivity contribution is 6.03. The van der Waals surface area contributed by atoms with Gasteiger partial charge in [-0.2, -0.15) is 0 Å². The number of fused-ring (bicyclic) bond motifs is 1. The molecule has 2 saturated heterocycles. The summed E-state index contributed by atoms with van der Waals surface area (Å²) in [4.78, 5) is 37.4. The number of nitrogens with zero attached hydrogens (tertiary/aromatic N) is 5. The summed E-state index contributed by atoms with van der Waals surface area (Å²) in [6, 6.07) is 7.72. The molecule has 29 heavy (non-hydrogen) atoms. The standard InChI is InChI=1S/C21H28N6O2/c1-4-8-27-17-18(24(3)21(29)23-19(17)28)22-20(27)26-11-9-25(10-12-26)14-16-7-5-6-15(2)13-16/h4-7,13,17-18H,1,8-12,14H2,2-3H3,(H,23,28,29). The molecule has 0 bridgehead atoms. The van der Waals surface area contributed by atoms with Gasteiger partial charge in [-0.05, 0) is 12.5 Å². The van der Waals surface area contributed by atoms with E-state index in [4.69, 9.17) is 4.99 Å². The summed E-state index contributed by atoms with van der Waals surface area (Å²) in [5.74, 6) is 0.489. The average molecular weight is 396 g/mol. The van der Waals surface area contributed by atoms with Crippen LogP contribution in [-0.2, 0) is 11.3 Å². The lowest BCUT2D eigenvalue weighted by Gasteiger charge is -2.40. The minimum atomic E-state index is -0.504. The topological polar surface area (TPSA) is 71.5 Å². The minimum Gasteiger partial charge on any atom is -0.340 e. The lowest BCUT2D eigenvalue weighted by atomic mass is 10.1. The number of carbonyl (C=O) groups excluding carboxylic acids is 2. The molecule has 2 unspecified atom stereocenters. The van der Waals surface area contributed by atoms with E-state index in [1.807, 2.05) is 4.90 Å². The van der Waals surface area contributed by atoms with Gasteiger partial charge in [0.2, 0.25) is 0 Å². The fraction of sp³-hybridized carbons (Fsp3) is 0.476. The van der Waals surface area contributed by atoms with Crippen LogP contribution < -0.4 is 5.32 Å². The number of nitrogens with one attached hydrogen (secondary N) is 1. The van der Waals surface area contributed by atoms with Crippen LogP contribution in [0.1, 0.15) is 11.1 Å². The summed E-state index contributed by atoms with van der Waals surface area (Å²) in [6.45, 7) is 10.9. The summed E-state index contributed by atoms with van der Waals surface area (Å²) in [5, 5.41) is 2.42. The number of amides is 3. The SMILES string of the molecule is C=CCN1C(N2CCN(Cc3cccc(C)c3)CC2)=NC2C1C(=O)NC(=O)N2C. The number of benzene rings is 1. The van der Waals surface area contributed by atoms with Crippen molar-refractivity contribution in [3.8, 4) is 0 Å². The van der Waals surface area contributed by atoms with Crippen LogP contribution in [0.25, 0.3) is 0 Å². The van der Waals surface area contributed by atoms with E-state index in [-0.39, 0.29) is 5.91 Å². The lowest BCUT2D eigenvalue weighted by molar-refractivity contribution is -0.127. The Labute approximate surface area is 171 Å². The Morgan fingerprint density at radius 2 is 2.00 bits per heavy atom. The van der Waals surface area contributed by atoms with Crippen molar-refractivity contribution in [3.05, 3.63) is 48.0 Å². The molecular weight excluding hydrogens is 368 g/mol. The molecule has 3 aliphatic rings. The first-order valence-electron chi connectivity index (χ1n) is 10.0.